The van der Waals surface area contributed by atoms with Crippen molar-refractivity contribution < 1.29 is 19.1 Å². The second-order valence-electron chi connectivity index (χ2n) is 6.53. The lowest BCUT2D eigenvalue weighted by atomic mass is 10.1. The fourth-order valence-corrected chi connectivity index (χ4v) is 3.11. The second kappa shape index (κ2) is 8.56. The maximum atomic E-state index is 12.6. The maximum Gasteiger partial charge on any atom is 0.255 e. The largest absolute Gasteiger partial charge is 0.495 e. The first-order chi connectivity index (χ1) is 13.5. The summed E-state index contributed by atoms with van der Waals surface area (Å²) in [4.78, 5) is 40.0. The Morgan fingerprint density at radius 1 is 0.857 bits per heavy atom. The Hall–Kier alpha value is -3.35. The predicted octanol–water partition coefficient (Wildman–Crippen LogP) is 2.25. The number of amides is 3. The summed E-state index contributed by atoms with van der Waals surface area (Å²) in [6, 6.07) is 13.7. The first kappa shape index (κ1) is 19.4. The molecule has 3 rings (SSSR count). The number of para-hydroxylation sites is 2. The Kier molecular flexibility index (Phi) is 5.93. The molecule has 0 bridgehead atoms. The monoisotopic (exact) mass is 381 g/mol. The van der Waals surface area contributed by atoms with E-state index in [2.05, 4.69) is 5.32 Å². The number of hydrogen-bond acceptors (Lipinski definition) is 4. The maximum absolute atomic E-state index is 12.6. The van der Waals surface area contributed by atoms with E-state index in [1.807, 2.05) is 12.1 Å². The van der Waals surface area contributed by atoms with E-state index in [0.717, 1.165) is 0 Å². The zero-order valence-corrected chi connectivity index (χ0v) is 16.0. The number of nitrogens with one attached hydrogen (secondary N) is 1. The highest BCUT2D eigenvalue weighted by Crippen LogP contribution is 2.23. The first-order valence-electron chi connectivity index (χ1n) is 9.09. The minimum Gasteiger partial charge on any atom is -0.495 e. The number of piperazine rings is 1. The van der Waals surface area contributed by atoms with Gasteiger partial charge in [-0.05, 0) is 36.4 Å². The molecule has 28 heavy (non-hydrogen) atoms. The van der Waals surface area contributed by atoms with Crippen LogP contribution in [0.15, 0.2) is 48.5 Å². The molecule has 7 nitrogen and oxygen atoms in total. The molecule has 0 spiro atoms. The van der Waals surface area contributed by atoms with Gasteiger partial charge in [-0.1, -0.05) is 12.1 Å². The number of benzene rings is 2. The van der Waals surface area contributed by atoms with Crippen LogP contribution in [0.4, 0.5) is 5.69 Å². The van der Waals surface area contributed by atoms with Crippen LogP contribution in [0, 0.1) is 0 Å². The molecule has 7 heteroatoms. The van der Waals surface area contributed by atoms with Crippen molar-refractivity contribution in [2.75, 3.05) is 38.6 Å². The molecule has 0 aliphatic carbocycles. The fourth-order valence-electron chi connectivity index (χ4n) is 3.11. The quantitative estimate of drug-likeness (QED) is 0.881. The summed E-state index contributed by atoms with van der Waals surface area (Å²) in [5.74, 6) is 0.225. The van der Waals surface area contributed by atoms with E-state index < -0.39 is 0 Å². The molecule has 0 unspecified atom stereocenters. The topological polar surface area (TPSA) is 79.0 Å². The normalized spacial score (nSPS) is 13.8. The molecule has 2 aromatic carbocycles. The van der Waals surface area contributed by atoms with Crippen molar-refractivity contribution >= 4 is 23.4 Å². The van der Waals surface area contributed by atoms with E-state index in [0.29, 0.717) is 48.7 Å². The lowest BCUT2D eigenvalue weighted by Crippen LogP contribution is -2.50. The molecule has 1 aliphatic rings. The van der Waals surface area contributed by atoms with E-state index in [1.165, 1.54) is 6.92 Å². The van der Waals surface area contributed by atoms with Crippen LogP contribution < -0.4 is 10.1 Å². The summed E-state index contributed by atoms with van der Waals surface area (Å²) in [7, 11) is 1.54. The average Bonchev–Trinajstić information content (AvgIpc) is 2.73. The molecule has 1 saturated heterocycles. The zero-order valence-electron chi connectivity index (χ0n) is 16.0. The number of hydrogen-bond donors (Lipinski definition) is 1. The van der Waals surface area contributed by atoms with Crippen LogP contribution in [0.1, 0.15) is 27.6 Å². The lowest BCUT2D eigenvalue weighted by molar-refractivity contribution is -0.130. The SMILES string of the molecule is COc1ccccc1NC(=O)c1ccc(C(=O)N2CCN(C(C)=O)CC2)cc1. The third kappa shape index (κ3) is 4.31. The summed E-state index contributed by atoms with van der Waals surface area (Å²) in [5.41, 5.74) is 1.55. The fraction of sp³-hybridized carbons (Fsp3) is 0.286. The summed E-state index contributed by atoms with van der Waals surface area (Å²) in [6.45, 7) is 3.64. The third-order valence-electron chi connectivity index (χ3n) is 4.76. The second-order valence-corrected chi connectivity index (χ2v) is 6.53. The number of methoxy groups -OCH3 is 1. The van der Waals surface area contributed by atoms with Crippen LogP contribution in [0.5, 0.6) is 5.75 Å². The van der Waals surface area contributed by atoms with Gasteiger partial charge in [0, 0.05) is 44.2 Å². The predicted molar refractivity (Wildman–Crippen MR) is 106 cm³/mol. The Labute approximate surface area is 163 Å². The highest BCUT2D eigenvalue weighted by Gasteiger charge is 2.23. The van der Waals surface area contributed by atoms with Gasteiger partial charge in [-0.2, -0.15) is 0 Å². The van der Waals surface area contributed by atoms with Gasteiger partial charge in [0.05, 0.1) is 12.8 Å². The van der Waals surface area contributed by atoms with E-state index in [9.17, 15) is 14.4 Å². The van der Waals surface area contributed by atoms with Crippen molar-refractivity contribution in [3.05, 3.63) is 59.7 Å². The van der Waals surface area contributed by atoms with Gasteiger partial charge in [0.1, 0.15) is 5.75 Å². The number of anilines is 1. The summed E-state index contributed by atoms with van der Waals surface area (Å²) in [5, 5.41) is 2.81. The number of carbonyl (C=O) groups is 3. The van der Waals surface area contributed by atoms with Gasteiger partial charge < -0.3 is 19.9 Å². The van der Waals surface area contributed by atoms with Crippen molar-refractivity contribution in [2.24, 2.45) is 0 Å². The van der Waals surface area contributed by atoms with Crippen LogP contribution in [-0.4, -0.2) is 60.8 Å². The number of ether oxygens (including phenoxy) is 1. The third-order valence-corrected chi connectivity index (χ3v) is 4.76. The van der Waals surface area contributed by atoms with Crippen molar-refractivity contribution in [1.82, 2.24) is 9.80 Å². The van der Waals surface area contributed by atoms with Crippen molar-refractivity contribution in [1.29, 1.82) is 0 Å². The summed E-state index contributed by atoms with van der Waals surface area (Å²) < 4.78 is 5.23. The molecule has 0 atom stereocenters. The lowest BCUT2D eigenvalue weighted by Gasteiger charge is -2.34. The summed E-state index contributed by atoms with van der Waals surface area (Å²) in [6.07, 6.45) is 0. The van der Waals surface area contributed by atoms with Crippen molar-refractivity contribution in [3.8, 4) is 5.75 Å². The van der Waals surface area contributed by atoms with E-state index in [4.69, 9.17) is 4.74 Å². The van der Waals surface area contributed by atoms with Gasteiger partial charge in [0.25, 0.3) is 11.8 Å². The van der Waals surface area contributed by atoms with Crippen LogP contribution in [0.3, 0.4) is 0 Å². The Bertz CT molecular complexity index is 871. The first-order valence-corrected chi connectivity index (χ1v) is 9.09. The number of rotatable bonds is 4. The van der Waals surface area contributed by atoms with Gasteiger partial charge in [-0.25, -0.2) is 0 Å². The van der Waals surface area contributed by atoms with Crippen molar-refractivity contribution in [2.45, 2.75) is 6.92 Å². The highest BCUT2D eigenvalue weighted by atomic mass is 16.5. The number of nitrogens with zero attached hydrogens (tertiary/aromatic N) is 2. The van der Waals surface area contributed by atoms with E-state index in [1.54, 1.807) is 53.3 Å². The molecule has 0 radical (unpaired) electrons. The average molecular weight is 381 g/mol. The molecule has 3 amide bonds. The minimum absolute atomic E-state index is 0.0255. The van der Waals surface area contributed by atoms with Crippen LogP contribution in [0.25, 0.3) is 0 Å². The van der Waals surface area contributed by atoms with Crippen LogP contribution >= 0.6 is 0 Å². The Morgan fingerprint density at radius 2 is 1.43 bits per heavy atom. The Morgan fingerprint density at radius 3 is 2.04 bits per heavy atom. The highest BCUT2D eigenvalue weighted by molar-refractivity contribution is 6.05. The standard InChI is InChI=1S/C21H23N3O4/c1-15(25)23-11-13-24(14-12-23)21(27)17-9-7-16(8-10-17)20(26)22-18-5-3-4-6-19(18)28-2/h3-10H,11-14H2,1-2H3,(H,22,26). The number of carbonyl (C=O) groups excluding carboxylic acids is 3. The Balaban J connectivity index is 1.64. The molecule has 0 saturated carbocycles. The molecule has 146 valence electrons. The molecular weight excluding hydrogens is 358 g/mol. The van der Waals surface area contributed by atoms with Gasteiger partial charge in [0.15, 0.2) is 0 Å². The van der Waals surface area contributed by atoms with Gasteiger partial charge in [0.2, 0.25) is 5.91 Å². The van der Waals surface area contributed by atoms with Crippen molar-refractivity contribution in [3.63, 3.8) is 0 Å². The molecular formula is C21H23N3O4. The van der Waals surface area contributed by atoms with E-state index >= 15 is 0 Å². The minimum atomic E-state index is -0.279. The van der Waals surface area contributed by atoms with Gasteiger partial charge in [-0.15, -0.1) is 0 Å². The summed E-state index contributed by atoms with van der Waals surface area (Å²) >= 11 is 0. The van der Waals surface area contributed by atoms with Crippen LogP contribution in [-0.2, 0) is 4.79 Å². The van der Waals surface area contributed by atoms with Crippen LogP contribution in [0.2, 0.25) is 0 Å². The molecule has 1 N–H and O–H groups in total. The molecule has 1 aliphatic heterocycles. The smallest absolute Gasteiger partial charge is 0.255 e. The van der Waals surface area contributed by atoms with Gasteiger partial charge >= 0.3 is 0 Å². The molecule has 1 heterocycles. The molecule has 2 aromatic rings. The van der Waals surface area contributed by atoms with Gasteiger partial charge in [-0.3, -0.25) is 14.4 Å². The zero-order chi connectivity index (χ0) is 20.1. The molecule has 0 aromatic heterocycles. The molecule has 1 fully saturated rings. The van der Waals surface area contributed by atoms with E-state index in [-0.39, 0.29) is 17.7 Å².